The Bertz CT molecular complexity index is 1650. The van der Waals surface area contributed by atoms with E-state index in [1.54, 1.807) is 35.5 Å². The fraction of sp³-hybridized carbons (Fsp3) is 0.100. The molecule has 0 atom stereocenters. The molecule has 4 aromatic carbocycles. The zero-order valence-corrected chi connectivity index (χ0v) is 20.6. The number of nitrogens with zero attached hydrogens (tertiary/aromatic N) is 3. The fourth-order valence-corrected chi connectivity index (χ4v) is 4.19. The van der Waals surface area contributed by atoms with E-state index in [9.17, 15) is 9.59 Å². The van der Waals surface area contributed by atoms with E-state index < -0.39 is 0 Å². The van der Waals surface area contributed by atoms with Gasteiger partial charge in [-0.3, -0.25) is 14.3 Å². The zero-order valence-electron chi connectivity index (χ0n) is 20.6. The molecule has 0 spiro atoms. The van der Waals surface area contributed by atoms with Crippen LogP contribution in [0.1, 0.15) is 27.2 Å². The van der Waals surface area contributed by atoms with Gasteiger partial charge in [0.15, 0.2) is 0 Å². The summed E-state index contributed by atoms with van der Waals surface area (Å²) >= 11 is 0. The number of hydrazone groups is 1. The minimum atomic E-state index is -0.344. The summed E-state index contributed by atoms with van der Waals surface area (Å²) in [5.74, 6) is 0.448. The molecule has 0 radical (unpaired) electrons. The zero-order chi connectivity index (χ0) is 25.8. The molecule has 7 nitrogen and oxygen atoms in total. The van der Waals surface area contributed by atoms with Gasteiger partial charge in [-0.15, -0.1) is 0 Å². The summed E-state index contributed by atoms with van der Waals surface area (Å²) in [6.07, 6.45) is 1.49. The van der Waals surface area contributed by atoms with Gasteiger partial charge in [-0.05, 0) is 59.7 Å². The van der Waals surface area contributed by atoms with E-state index in [0.717, 1.165) is 22.4 Å². The Labute approximate surface area is 214 Å². The third-order valence-electron chi connectivity index (χ3n) is 6.24. The van der Waals surface area contributed by atoms with Crippen molar-refractivity contribution in [1.82, 2.24) is 14.8 Å². The van der Waals surface area contributed by atoms with Gasteiger partial charge < -0.3 is 4.74 Å². The van der Waals surface area contributed by atoms with Crippen LogP contribution in [0.15, 0.2) is 107 Å². The Balaban J connectivity index is 1.21. The molecule has 184 valence electrons. The van der Waals surface area contributed by atoms with Gasteiger partial charge in [0.05, 0.1) is 17.6 Å². The van der Waals surface area contributed by atoms with Gasteiger partial charge in [0.1, 0.15) is 12.4 Å². The maximum absolute atomic E-state index is 12.7. The highest BCUT2D eigenvalue weighted by Gasteiger charge is 2.14. The molecule has 5 aromatic rings. The Morgan fingerprint density at radius 2 is 1.62 bits per heavy atom. The molecule has 37 heavy (non-hydrogen) atoms. The lowest BCUT2D eigenvalue weighted by Crippen LogP contribution is -2.20. The Kier molecular flexibility index (Phi) is 6.68. The second-order valence-electron chi connectivity index (χ2n) is 8.68. The topological polar surface area (TPSA) is 77.6 Å². The van der Waals surface area contributed by atoms with Crippen LogP contribution < -0.4 is 15.7 Å². The summed E-state index contributed by atoms with van der Waals surface area (Å²) in [6, 6.07) is 30.7. The number of nitrogens with one attached hydrogen (secondary N) is 1. The van der Waals surface area contributed by atoms with Crippen molar-refractivity contribution in [3.63, 3.8) is 0 Å². The van der Waals surface area contributed by atoms with Crippen molar-refractivity contribution in [1.29, 1.82) is 0 Å². The third-order valence-corrected chi connectivity index (χ3v) is 6.24. The average molecular weight is 491 g/mol. The number of hydrogen-bond donors (Lipinski definition) is 1. The number of amides is 1. The first-order valence-electron chi connectivity index (χ1n) is 11.9. The number of aromatic nitrogens is 2. The molecule has 0 fully saturated rings. The van der Waals surface area contributed by atoms with E-state index in [2.05, 4.69) is 22.7 Å². The molecule has 5 rings (SSSR count). The predicted molar refractivity (Wildman–Crippen MR) is 146 cm³/mol. The van der Waals surface area contributed by atoms with Gasteiger partial charge in [0.2, 0.25) is 0 Å². The summed E-state index contributed by atoms with van der Waals surface area (Å²) in [4.78, 5) is 25.3. The lowest BCUT2D eigenvalue weighted by atomic mass is 10.1. The van der Waals surface area contributed by atoms with Crippen LogP contribution in [0.3, 0.4) is 0 Å². The number of carbonyl (C=O) groups is 1. The summed E-state index contributed by atoms with van der Waals surface area (Å²) in [5, 5.41) is 6.38. The molecular weight excluding hydrogens is 464 g/mol. The van der Waals surface area contributed by atoms with Crippen LogP contribution in [0, 0.1) is 6.92 Å². The normalized spacial score (nSPS) is 11.2. The second-order valence-corrected chi connectivity index (χ2v) is 8.68. The van der Waals surface area contributed by atoms with Crippen molar-refractivity contribution >= 4 is 22.9 Å². The average Bonchev–Trinajstić information content (AvgIpc) is 3.15. The van der Waals surface area contributed by atoms with Gasteiger partial charge in [-0.2, -0.15) is 5.10 Å². The molecule has 0 bridgehead atoms. The van der Waals surface area contributed by atoms with E-state index in [-0.39, 0.29) is 11.5 Å². The lowest BCUT2D eigenvalue weighted by molar-refractivity contribution is 0.0955. The summed E-state index contributed by atoms with van der Waals surface area (Å²) < 4.78 is 9.21. The first-order chi connectivity index (χ1) is 18.0. The number of hydrogen-bond acceptors (Lipinski definition) is 4. The highest BCUT2D eigenvalue weighted by molar-refractivity contribution is 5.94. The highest BCUT2D eigenvalue weighted by atomic mass is 16.5. The van der Waals surface area contributed by atoms with Crippen molar-refractivity contribution in [2.45, 2.75) is 13.5 Å². The molecule has 1 N–H and O–H groups in total. The number of ether oxygens (including phenoxy) is 1. The minimum Gasteiger partial charge on any atom is -0.489 e. The number of rotatable bonds is 7. The number of fused-ring (bicyclic) bond motifs is 1. The van der Waals surface area contributed by atoms with E-state index >= 15 is 0 Å². The van der Waals surface area contributed by atoms with E-state index in [1.807, 2.05) is 72.8 Å². The minimum absolute atomic E-state index is 0.136. The smallest absolute Gasteiger partial charge is 0.274 e. The van der Waals surface area contributed by atoms with Gasteiger partial charge in [0, 0.05) is 18.2 Å². The van der Waals surface area contributed by atoms with Gasteiger partial charge in [-0.25, -0.2) is 10.1 Å². The predicted octanol–water partition coefficient (Wildman–Crippen LogP) is 4.98. The van der Waals surface area contributed by atoms with Gasteiger partial charge in [0.25, 0.3) is 11.5 Å². The first kappa shape index (κ1) is 23.8. The van der Waals surface area contributed by atoms with Crippen LogP contribution in [0.25, 0.3) is 16.5 Å². The van der Waals surface area contributed by atoms with Crippen molar-refractivity contribution in [3.8, 4) is 11.4 Å². The van der Waals surface area contributed by atoms with Crippen LogP contribution in [0.5, 0.6) is 5.75 Å². The molecular formula is C30H26N4O3. The van der Waals surface area contributed by atoms with Crippen LogP contribution in [0.2, 0.25) is 0 Å². The summed E-state index contributed by atoms with van der Waals surface area (Å²) in [6.45, 7) is 2.13. The monoisotopic (exact) mass is 490 g/mol. The largest absolute Gasteiger partial charge is 0.489 e. The first-order valence-corrected chi connectivity index (χ1v) is 11.9. The van der Waals surface area contributed by atoms with Crippen molar-refractivity contribution in [2.24, 2.45) is 12.1 Å². The molecule has 0 aliphatic rings. The SMILES string of the molecule is Cc1c(/C=N/NC(=O)c2ccc(COc3ccc4ccccc4c3)cc2)n(C)n(-c2ccccc2)c1=O. The van der Waals surface area contributed by atoms with Gasteiger partial charge in [-0.1, -0.05) is 60.7 Å². The molecule has 1 heterocycles. The maximum atomic E-state index is 12.7. The molecule has 0 saturated heterocycles. The van der Waals surface area contributed by atoms with E-state index in [4.69, 9.17) is 4.74 Å². The quantitative estimate of drug-likeness (QED) is 0.258. The van der Waals surface area contributed by atoms with Crippen LogP contribution >= 0.6 is 0 Å². The Hall–Kier alpha value is -4.91. The fourth-order valence-electron chi connectivity index (χ4n) is 4.19. The lowest BCUT2D eigenvalue weighted by Gasteiger charge is -2.08. The summed E-state index contributed by atoms with van der Waals surface area (Å²) in [5.41, 5.74) is 5.72. The molecule has 1 amide bonds. The summed E-state index contributed by atoms with van der Waals surface area (Å²) in [7, 11) is 1.78. The Morgan fingerprint density at radius 3 is 2.38 bits per heavy atom. The molecule has 1 aromatic heterocycles. The molecule has 0 aliphatic carbocycles. The number of benzene rings is 4. The van der Waals surface area contributed by atoms with Crippen LogP contribution in [-0.2, 0) is 13.7 Å². The molecule has 0 aliphatic heterocycles. The standard InChI is InChI=1S/C30H26N4O3/c1-21-28(33(2)34(30(21)36)26-10-4-3-5-11-26)19-31-32-29(35)24-14-12-22(13-15-24)20-37-27-17-16-23-8-6-7-9-25(23)18-27/h3-19H,20H2,1-2H3,(H,32,35)/b31-19+. The van der Waals surface area contributed by atoms with Crippen LogP contribution in [0.4, 0.5) is 0 Å². The molecule has 7 heteroatoms. The Morgan fingerprint density at radius 1 is 0.919 bits per heavy atom. The van der Waals surface area contributed by atoms with Crippen molar-refractivity contribution in [2.75, 3.05) is 0 Å². The highest BCUT2D eigenvalue weighted by Crippen LogP contribution is 2.21. The third kappa shape index (κ3) is 5.06. The van der Waals surface area contributed by atoms with Gasteiger partial charge >= 0.3 is 0 Å². The van der Waals surface area contributed by atoms with E-state index in [1.165, 1.54) is 11.6 Å². The molecule has 0 saturated carbocycles. The number of para-hydroxylation sites is 1. The maximum Gasteiger partial charge on any atom is 0.274 e. The van der Waals surface area contributed by atoms with Crippen molar-refractivity contribution in [3.05, 3.63) is 130 Å². The number of carbonyl (C=O) groups excluding carboxylic acids is 1. The molecule has 0 unspecified atom stereocenters. The van der Waals surface area contributed by atoms with Crippen LogP contribution in [-0.4, -0.2) is 21.5 Å². The van der Waals surface area contributed by atoms with E-state index in [0.29, 0.717) is 23.4 Å². The second kappa shape index (κ2) is 10.4. The van der Waals surface area contributed by atoms with Crippen molar-refractivity contribution < 1.29 is 9.53 Å².